The number of amides is 2. The van der Waals surface area contributed by atoms with Crippen LogP contribution >= 0.6 is 0 Å². The number of carbonyl (C=O) groups excluding carboxylic acids is 2. The highest BCUT2D eigenvalue weighted by atomic mass is 16.5. The third-order valence-corrected chi connectivity index (χ3v) is 3.42. The molecule has 6 heteroatoms. The van der Waals surface area contributed by atoms with E-state index in [0.717, 1.165) is 18.4 Å². The molecule has 2 rings (SSSR count). The Labute approximate surface area is 117 Å². The fourth-order valence-electron chi connectivity index (χ4n) is 2.15. The SMILES string of the molecule is NC(=O)COCCNC(=O)C1(c2ccc(N)cc2)CC1. The van der Waals surface area contributed by atoms with E-state index in [1.165, 1.54) is 0 Å². The van der Waals surface area contributed by atoms with Gasteiger partial charge in [-0.05, 0) is 30.5 Å². The lowest BCUT2D eigenvalue weighted by atomic mass is 9.95. The average molecular weight is 277 g/mol. The number of ether oxygens (including phenoxy) is 1. The van der Waals surface area contributed by atoms with Crippen LogP contribution < -0.4 is 16.8 Å². The van der Waals surface area contributed by atoms with Crippen molar-refractivity contribution >= 4 is 17.5 Å². The normalized spacial score (nSPS) is 15.6. The molecule has 0 aromatic heterocycles. The first-order valence-electron chi connectivity index (χ1n) is 6.55. The number of hydrogen-bond acceptors (Lipinski definition) is 4. The Morgan fingerprint density at radius 2 is 1.90 bits per heavy atom. The molecule has 6 nitrogen and oxygen atoms in total. The van der Waals surface area contributed by atoms with E-state index in [-0.39, 0.29) is 19.1 Å². The van der Waals surface area contributed by atoms with Gasteiger partial charge < -0.3 is 21.5 Å². The van der Waals surface area contributed by atoms with Crippen molar-refractivity contribution in [3.05, 3.63) is 29.8 Å². The van der Waals surface area contributed by atoms with Crippen LogP contribution in [-0.2, 0) is 19.7 Å². The molecule has 0 radical (unpaired) electrons. The Kier molecular flexibility index (Phi) is 4.24. The zero-order valence-corrected chi connectivity index (χ0v) is 11.2. The molecule has 0 saturated heterocycles. The van der Waals surface area contributed by atoms with Crippen molar-refractivity contribution in [1.29, 1.82) is 0 Å². The molecule has 1 aliphatic carbocycles. The Bertz CT molecular complexity index is 495. The smallest absolute Gasteiger partial charge is 0.243 e. The molecule has 1 aromatic rings. The first kappa shape index (κ1) is 14.3. The Morgan fingerprint density at radius 3 is 2.45 bits per heavy atom. The van der Waals surface area contributed by atoms with Crippen LogP contribution in [0, 0.1) is 0 Å². The van der Waals surface area contributed by atoms with Gasteiger partial charge >= 0.3 is 0 Å². The van der Waals surface area contributed by atoms with Gasteiger partial charge in [-0.15, -0.1) is 0 Å². The Morgan fingerprint density at radius 1 is 1.25 bits per heavy atom. The van der Waals surface area contributed by atoms with E-state index in [1.807, 2.05) is 12.1 Å². The Hall–Kier alpha value is -2.08. The zero-order chi connectivity index (χ0) is 14.6. The van der Waals surface area contributed by atoms with Crippen molar-refractivity contribution in [2.75, 3.05) is 25.5 Å². The van der Waals surface area contributed by atoms with E-state index >= 15 is 0 Å². The molecular weight excluding hydrogens is 258 g/mol. The van der Waals surface area contributed by atoms with Gasteiger partial charge in [-0.2, -0.15) is 0 Å². The van der Waals surface area contributed by atoms with Gasteiger partial charge in [0.25, 0.3) is 0 Å². The third-order valence-electron chi connectivity index (χ3n) is 3.42. The second-order valence-electron chi connectivity index (χ2n) is 4.98. The highest BCUT2D eigenvalue weighted by Crippen LogP contribution is 2.48. The molecule has 2 amide bonds. The predicted molar refractivity (Wildman–Crippen MR) is 74.8 cm³/mol. The minimum atomic E-state index is -0.517. The molecule has 5 N–H and O–H groups in total. The van der Waals surface area contributed by atoms with Gasteiger partial charge in [0.2, 0.25) is 11.8 Å². The first-order valence-corrected chi connectivity index (χ1v) is 6.55. The summed E-state index contributed by atoms with van der Waals surface area (Å²) in [6, 6.07) is 7.40. The number of nitrogen functional groups attached to an aromatic ring is 1. The fraction of sp³-hybridized carbons (Fsp3) is 0.429. The Balaban J connectivity index is 1.83. The van der Waals surface area contributed by atoms with Crippen molar-refractivity contribution in [3.8, 4) is 0 Å². The second-order valence-corrected chi connectivity index (χ2v) is 4.98. The first-order chi connectivity index (χ1) is 9.54. The van der Waals surface area contributed by atoms with Crippen LogP contribution in [0.15, 0.2) is 24.3 Å². The highest BCUT2D eigenvalue weighted by molar-refractivity contribution is 5.91. The summed E-state index contributed by atoms with van der Waals surface area (Å²) in [5.41, 5.74) is 11.8. The number of anilines is 1. The van der Waals surface area contributed by atoms with Crippen LogP contribution in [0.3, 0.4) is 0 Å². The van der Waals surface area contributed by atoms with E-state index in [1.54, 1.807) is 12.1 Å². The zero-order valence-electron chi connectivity index (χ0n) is 11.2. The van der Waals surface area contributed by atoms with Crippen LogP contribution in [0.25, 0.3) is 0 Å². The van der Waals surface area contributed by atoms with Crippen molar-refractivity contribution in [3.63, 3.8) is 0 Å². The van der Waals surface area contributed by atoms with Crippen LogP contribution in [0.4, 0.5) is 5.69 Å². The predicted octanol–water partition coefficient (Wildman–Crippen LogP) is -0.0815. The van der Waals surface area contributed by atoms with Gasteiger partial charge in [0.15, 0.2) is 0 Å². The van der Waals surface area contributed by atoms with E-state index in [2.05, 4.69) is 5.32 Å². The molecule has 0 aliphatic heterocycles. The van der Waals surface area contributed by atoms with Gasteiger partial charge in [0.1, 0.15) is 6.61 Å². The van der Waals surface area contributed by atoms with E-state index in [4.69, 9.17) is 16.2 Å². The second kappa shape index (κ2) is 5.92. The summed E-state index contributed by atoms with van der Waals surface area (Å²) in [5.74, 6) is -0.526. The molecule has 1 fully saturated rings. The molecule has 108 valence electrons. The summed E-state index contributed by atoms with van der Waals surface area (Å²) < 4.78 is 4.99. The monoisotopic (exact) mass is 277 g/mol. The molecule has 1 aromatic carbocycles. The summed E-state index contributed by atoms with van der Waals surface area (Å²) in [6.07, 6.45) is 1.68. The van der Waals surface area contributed by atoms with Crippen molar-refractivity contribution < 1.29 is 14.3 Å². The number of carbonyl (C=O) groups is 2. The van der Waals surface area contributed by atoms with Crippen molar-refractivity contribution in [2.45, 2.75) is 18.3 Å². The molecule has 0 heterocycles. The standard InChI is InChI=1S/C14H19N3O3/c15-11-3-1-10(2-4-11)14(5-6-14)13(19)17-7-8-20-9-12(16)18/h1-4H,5-9,15H2,(H2,16,18)(H,17,19). The lowest BCUT2D eigenvalue weighted by molar-refractivity contribution is -0.124. The maximum absolute atomic E-state index is 12.2. The number of hydrogen-bond donors (Lipinski definition) is 3. The van der Waals surface area contributed by atoms with Gasteiger partial charge in [-0.25, -0.2) is 0 Å². The summed E-state index contributed by atoms with van der Waals surface area (Å²) >= 11 is 0. The van der Waals surface area contributed by atoms with Crippen LogP contribution in [0.5, 0.6) is 0 Å². The maximum Gasteiger partial charge on any atom is 0.243 e. The summed E-state index contributed by atoms with van der Waals surface area (Å²) in [7, 11) is 0. The van der Waals surface area contributed by atoms with Crippen LogP contribution in [0.2, 0.25) is 0 Å². The quantitative estimate of drug-likeness (QED) is 0.478. The summed E-state index contributed by atoms with van der Waals surface area (Å²) in [6.45, 7) is 0.508. The largest absolute Gasteiger partial charge is 0.399 e. The topological polar surface area (TPSA) is 107 Å². The third kappa shape index (κ3) is 3.27. The molecular formula is C14H19N3O3. The van der Waals surface area contributed by atoms with Gasteiger partial charge in [0.05, 0.1) is 12.0 Å². The maximum atomic E-state index is 12.2. The molecule has 1 saturated carbocycles. The summed E-state index contributed by atoms with van der Waals surface area (Å²) in [4.78, 5) is 22.7. The highest BCUT2D eigenvalue weighted by Gasteiger charge is 2.50. The number of rotatable bonds is 7. The number of benzene rings is 1. The van der Waals surface area contributed by atoms with Crippen LogP contribution in [-0.4, -0.2) is 31.6 Å². The van der Waals surface area contributed by atoms with Crippen molar-refractivity contribution in [1.82, 2.24) is 5.32 Å². The number of nitrogens with one attached hydrogen (secondary N) is 1. The number of primary amides is 1. The number of nitrogens with two attached hydrogens (primary N) is 2. The minimum Gasteiger partial charge on any atom is -0.399 e. The average Bonchev–Trinajstić information content (AvgIpc) is 3.20. The molecule has 20 heavy (non-hydrogen) atoms. The minimum absolute atomic E-state index is 0.00931. The molecule has 0 spiro atoms. The van der Waals surface area contributed by atoms with E-state index in [9.17, 15) is 9.59 Å². The van der Waals surface area contributed by atoms with Crippen LogP contribution in [0.1, 0.15) is 18.4 Å². The van der Waals surface area contributed by atoms with E-state index < -0.39 is 11.3 Å². The van der Waals surface area contributed by atoms with Gasteiger partial charge in [-0.3, -0.25) is 9.59 Å². The van der Waals surface area contributed by atoms with Gasteiger partial charge in [0, 0.05) is 12.2 Å². The fourth-order valence-corrected chi connectivity index (χ4v) is 2.15. The lowest BCUT2D eigenvalue weighted by Crippen LogP contribution is -2.37. The molecule has 0 atom stereocenters. The van der Waals surface area contributed by atoms with Crippen molar-refractivity contribution in [2.24, 2.45) is 5.73 Å². The van der Waals surface area contributed by atoms with Gasteiger partial charge in [-0.1, -0.05) is 12.1 Å². The molecule has 0 unspecified atom stereocenters. The molecule has 1 aliphatic rings. The molecule has 0 bridgehead atoms. The summed E-state index contributed by atoms with van der Waals surface area (Å²) in [5, 5.41) is 2.82. The van der Waals surface area contributed by atoms with E-state index in [0.29, 0.717) is 12.2 Å². The lowest BCUT2D eigenvalue weighted by Gasteiger charge is -2.16.